The fourth-order valence-electron chi connectivity index (χ4n) is 12.1. The molecule has 0 N–H and O–H groups in total. The van der Waals surface area contributed by atoms with Crippen molar-refractivity contribution < 1.29 is 0 Å². The van der Waals surface area contributed by atoms with E-state index in [1.807, 2.05) is 0 Å². The molecule has 0 heteroatoms. The fourth-order valence-corrected chi connectivity index (χ4v) is 12.1. The van der Waals surface area contributed by atoms with Crippen LogP contribution in [0.4, 0.5) is 0 Å². The van der Waals surface area contributed by atoms with E-state index in [0.717, 1.165) is 89.1 Å². The Morgan fingerprint density at radius 3 is 0.446 bits per heavy atom. The van der Waals surface area contributed by atoms with Crippen molar-refractivity contribution in [2.45, 2.75) is 209 Å². The lowest BCUT2D eigenvalue weighted by Gasteiger charge is -2.34. The van der Waals surface area contributed by atoms with Gasteiger partial charge in [-0.25, -0.2) is 0 Å². The van der Waals surface area contributed by atoms with Crippen molar-refractivity contribution in [3.63, 3.8) is 0 Å². The Bertz CT molecular complexity index is 3740. The molecule has 1 aliphatic rings. The lowest BCUT2D eigenvalue weighted by Crippen LogP contribution is -2.18. The normalized spacial score (nSPS) is 13.4. The fraction of sp³-hybridized carbons (Fsp3) is 0.348. The molecule has 0 spiro atoms. The van der Waals surface area contributed by atoms with Gasteiger partial charge in [0, 0.05) is 33.4 Å². The monoisotopic (exact) mass is 1210 g/mol. The van der Waals surface area contributed by atoms with Crippen molar-refractivity contribution in [2.75, 3.05) is 0 Å². The molecule has 1 aliphatic carbocycles. The van der Waals surface area contributed by atoms with E-state index in [1.54, 1.807) is 0 Å². The maximum atomic E-state index is 4.08. The minimum Gasteiger partial charge on any atom is -0.0603 e. The third kappa shape index (κ3) is 15.5. The second-order valence-corrected chi connectivity index (χ2v) is 34.1. The number of allylic oxidation sites excluding steroid dienone is 4. The standard InChI is InChI=1S/C92H104/c1-85(2,3)69-41-25-61(26-42-69)77(62-27-43-70(44-28-62)86(4,5)6)57-59-79-80(60-58-78(63-29-45-71(46-30-63)87(7,8)9)64-31-47-72(48-32-64)88(10,11)12)84(82(67-37-53-75(54-38-67)91(19,20)21)68-39-55-76(56-40-68)92(22,23)24)83(79)81(65-33-49-73(50-34-65)89(13,14)15)66-35-51-74(52-36-66)90(16,17)18/h25-56H,1-24H3. The van der Waals surface area contributed by atoms with Gasteiger partial charge in [-0.05, 0) is 143 Å². The molecule has 0 bridgehead atoms. The molecule has 8 aromatic rings. The van der Waals surface area contributed by atoms with E-state index in [9.17, 15) is 0 Å². The van der Waals surface area contributed by atoms with E-state index in [4.69, 9.17) is 0 Å². The van der Waals surface area contributed by atoms with Crippen molar-refractivity contribution in [3.05, 3.63) is 328 Å². The summed E-state index contributed by atoms with van der Waals surface area (Å²) in [6.07, 6.45) is 0. The van der Waals surface area contributed by atoms with Crippen LogP contribution in [0.15, 0.2) is 239 Å². The number of rotatable bonds is 8. The molecule has 0 atom stereocenters. The Morgan fingerprint density at radius 1 is 0.185 bits per heavy atom. The van der Waals surface area contributed by atoms with Gasteiger partial charge in [0.05, 0.1) is 0 Å². The highest BCUT2D eigenvalue weighted by atomic mass is 14.4. The van der Waals surface area contributed by atoms with Gasteiger partial charge < -0.3 is 0 Å². The van der Waals surface area contributed by atoms with Crippen LogP contribution >= 0.6 is 0 Å². The first-order valence-electron chi connectivity index (χ1n) is 33.6. The van der Waals surface area contributed by atoms with Crippen molar-refractivity contribution in [1.82, 2.24) is 0 Å². The molecule has 0 saturated heterocycles. The highest BCUT2D eigenvalue weighted by Gasteiger charge is 2.38. The summed E-state index contributed by atoms with van der Waals surface area (Å²) in [7, 11) is 0. The minimum absolute atomic E-state index is 0.0188. The molecule has 92 heavy (non-hydrogen) atoms. The van der Waals surface area contributed by atoms with Gasteiger partial charge >= 0.3 is 0 Å². The van der Waals surface area contributed by atoms with Gasteiger partial charge in [0.1, 0.15) is 0 Å². The highest BCUT2D eigenvalue weighted by molar-refractivity contribution is 6.04. The summed E-state index contributed by atoms with van der Waals surface area (Å²) in [4.78, 5) is 0. The molecule has 9 rings (SSSR count). The van der Waals surface area contributed by atoms with Gasteiger partial charge in [-0.2, -0.15) is 0 Å². The van der Waals surface area contributed by atoms with Gasteiger partial charge in [-0.3, -0.25) is 0 Å². The molecule has 0 heterocycles. The Hall–Kier alpha value is -8.16. The first kappa shape index (κ1) is 68.2. The minimum atomic E-state index is -0.0522. The lowest BCUT2D eigenvalue weighted by atomic mass is 9.67. The summed E-state index contributed by atoms with van der Waals surface area (Å²) in [5.41, 5.74) is 43.1. The smallest absolute Gasteiger partial charge is 0.0497 e. The van der Waals surface area contributed by atoms with E-state index in [1.165, 1.54) is 44.5 Å². The predicted octanol–water partition coefficient (Wildman–Crippen LogP) is 25.0. The molecule has 0 nitrogen and oxygen atoms in total. The topological polar surface area (TPSA) is 0 Å². The van der Waals surface area contributed by atoms with E-state index in [-0.39, 0.29) is 43.3 Å². The van der Waals surface area contributed by atoms with Crippen molar-refractivity contribution >= 4 is 22.3 Å². The third-order valence-corrected chi connectivity index (χ3v) is 18.4. The molecule has 0 aromatic heterocycles. The molecule has 0 aliphatic heterocycles. The van der Waals surface area contributed by atoms with Crippen LogP contribution in [0.1, 0.15) is 255 Å². The summed E-state index contributed by atoms with van der Waals surface area (Å²) in [5, 5.41) is 0. The van der Waals surface area contributed by atoms with Crippen molar-refractivity contribution in [3.8, 4) is 0 Å². The molecular formula is C92H104. The van der Waals surface area contributed by atoms with Gasteiger partial charge in [0.2, 0.25) is 0 Å². The number of hydrogen-bond donors (Lipinski definition) is 0. The quantitative estimate of drug-likeness (QED) is 0.133. The molecule has 1 saturated carbocycles. The van der Waals surface area contributed by atoms with Crippen LogP contribution in [-0.2, 0) is 43.3 Å². The molecule has 0 amide bonds. The summed E-state index contributed by atoms with van der Waals surface area (Å²) >= 11 is 0. The molecule has 8 aromatic carbocycles. The zero-order valence-electron chi connectivity index (χ0n) is 60.5. The summed E-state index contributed by atoms with van der Waals surface area (Å²) < 4.78 is 0. The van der Waals surface area contributed by atoms with Crippen molar-refractivity contribution in [2.24, 2.45) is 0 Å². The molecule has 0 unspecified atom stereocenters. The maximum absolute atomic E-state index is 4.08. The van der Waals surface area contributed by atoms with E-state index in [0.29, 0.717) is 0 Å². The van der Waals surface area contributed by atoms with E-state index in [2.05, 4.69) is 383 Å². The average Bonchev–Trinajstić information content (AvgIpc) is 0.716. The van der Waals surface area contributed by atoms with Crippen LogP contribution in [0.2, 0.25) is 0 Å². The first-order chi connectivity index (χ1) is 42.7. The largest absolute Gasteiger partial charge is 0.0603 e. The van der Waals surface area contributed by atoms with Crippen LogP contribution < -0.4 is 0 Å². The number of hydrogen-bond acceptors (Lipinski definition) is 0. The molecule has 0 radical (unpaired) electrons. The molecule has 1 fully saturated rings. The molecule has 472 valence electrons. The van der Waals surface area contributed by atoms with Crippen LogP contribution in [0.3, 0.4) is 0 Å². The zero-order valence-corrected chi connectivity index (χ0v) is 60.5. The average molecular weight is 1210 g/mol. The third-order valence-electron chi connectivity index (χ3n) is 18.4. The Balaban J connectivity index is 1.60. The Kier molecular flexibility index (Phi) is 18.8. The predicted molar refractivity (Wildman–Crippen MR) is 399 cm³/mol. The highest BCUT2D eigenvalue weighted by Crippen LogP contribution is 2.54. The van der Waals surface area contributed by atoms with Crippen LogP contribution in [-0.4, -0.2) is 0 Å². The van der Waals surface area contributed by atoms with E-state index >= 15 is 0 Å². The second-order valence-electron chi connectivity index (χ2n) is 34.1. The Morgan fingerprint density at radius 2 is 0.315 bits per heavy atom. The lowest BCUT2D eigenvalue weighted by molar-refractivity contribution is 0.590. The van der Waals surface area contributed by atoms with Crippen molar-refractivity contribution in [1.29, 1.82) is 0 Å². The van der Waals surface area contributed by atoms with Gasteiger partial charge in [-0.15, -0.1) is 0 Å². The summed E-state index contributed by atoms with van der Waals surface area (Å²) in [6, 6.07) is 74.0. The first-order valence-corrected chi connectivity index (χ1v) is 33.6. The van der Waals surface area contributed by atoms with E-state index < -0.39 is 0 Å². The van der Waals surface area contributed by atoms with Gasteiger partial charge in [0.15, 0.2) is 0 Å². The SMILES string of the molecule is CC(C)(C)c1ccc(C(=C=C=C2C(=C=C=C(c3ccc(C(C)(C)C)cc3)c3ccc(C(C)(C)C)cc3)C(=C(c3ccc(C(C)(C)C)cc3)c3ccc(C(C)(C)C)cc3)C2=C(c2ccc(C(C)(C)C)cc2)c2ccc(C(C)(C)C)cc2)c2ccc(C(C)(C)C)cc2)cc1. The van der Waals surface area contributed by atoms with Crippen LogP contribution in [0.25, 0.3) is 22.3 Å². The zero-order chi connectivity index (χ0) is 67.3. The second kappa shape index (κ2) is 25.4. The van der Waals surface area contributed by atoms with Crippen LogP contribution in [0, 0.1) is 0 Å². The number of benzene rings is 8. The summed E-state index contributed by atoms with van der Waals surface area (Å²) in [5.74, 6) is 0. The maximum Gasteiger partial charge on any atom is 0.0497 e. The van der Waals surface area contributed by atoms with Crippen LogP contribution in [0.5, 0.6) is 0 Å². The summed E-state index contributed by atoms with van der Waals surface area (Å²) in [6.45, 7) is 55.0. The van der Waals surface area contributed by atoms with Gasteiger partial charge in [0.25, 0.3) is 0 Å². The Labute approximate surface area is 556 Å². The van der Waals surface area contributed by atoms with Gasteiger partial charge in [-0.1, -0.05) is 383 Å². The molecular weight excluding hydrogens is 1110 g/mol.